The van der Waals surface area contributed by atoms with Crippen molar-refractivity contribution in [3.05, 3.63) is 0 Å². The summed E-state index contributed by atoms with van der Waals surface area (Å²) in [5.41, 5.74) is 0. The van der Waals surface area contributed by atoms with Gasteiger partial charge in [-0.3, -0.25) is 0 Å². The Morgan fingerprint density at radius 3 is 2.00 bits per heavy atom. The molecule has 0 saturated carbocycles. The van der Waals surface area contributed by atoms with Gasteiger partial charge in [0.05, 0.1) is 6.07 Å². The molecule has 0 aliphatic carbocycles. The highest BCUT2D eigenvalue weighted by Gasteiger charge is 2.17. The number of rotatable bonds is 2. The number of nitriles is 1. The van der Waals surface area contributed by atoms with Crippen LogP contribution in [0.3, 0.4) is 0 Å². The van der Waals surface area contributed by atoms with Crippen molar-refractivity contribution in [3.63, 3.8) is 0 Å². The summed E-state index contributed by atoms with van der Waals surface area (Å²) in [5.74, 6) is 0. The third kappa shape index (κ3) is 5.54. The lowest BCUT2D eigenvalue weighted by molar-refractivity contribution is 0.269. The van der Waals surface area contributed by atoms with Gasteiger partial charge in [-0.1, -0.05) is 0 Å². The lowest BCUT2D eigenvalue weighted by atomic mass is 10.5. The Morgan fingerprint density at radius 1 is 1.44 bits per heavy atom. The highest BCUT2D eigenvalue weighted by Crippen LogP contribution is 2.05. The largest absolute Gasteiger partial charge is 0.402 e. The molecule has 1 atom stereocenters. The zero-order valence-electron chi connectivity index (χ0n) is 6.43. The van der Waals surface area contributed by atoms with E-state index in [0.29, 0.717) is 0 Å². The van der Waals surface area contributed by atoms with Crippen LogP contribution < -0.4 is 0 Å². The van der Waals surface area contributed by atoms with Crippen LogP contribution in [-0.2, 0) is 4.43 Å². The van der Waals surface area contributed by atoms with Crippen LogP contribution in [0.15, 0.2) is 0 Å². The van der Waals surface area contributed by atoms with Crippen molar-refractivity contribution >= 4 is 8.32 Å². The molecule has 0 bridgehead atoms. The summed E-state index contributed by atoms with van der Waals surface area (Å²) in [5, 5.41) is 8.35. The van der Waals surface area contributed by atoms with Gasteiger partial charge < -0.3 is 4.43 Å². The molecule has 52 valence electrons. The summed E-state index contributed by atoms with van der Waals surface area (Å²) in [6, 6.07) is 2.03. The first-order chi connectivity index (χ1) is 3.95. The van der Waals surface area contributed by atoms with E-state index in [1.807, 2.05) is 6.07 Å². The van der Waals surface area contributed by atoms with Crippen molar-refractivity contribution in [3.8, 4) is 6.07 Å². The SMILES string of the molecule is C[C@@H](C#N)O[Si](C)(C)C. The van der Waals surface area contributed by atoms with Crippen molar-refractivity contribution in [1.29, 1.82) is 5.26 Å². The van der Waals surface area contributed by atoms with Crippen molar-refractivity contribution in [1.82, 2.24) is 0 Å². The second-order valence-electron chi connectivity index (χ2n) is 3.00. The molecule has 0 aliphatic heterocycles. The average molecular weight is 143 g/mol. The second-order valence-corrected chi connectivity index (χ2v) is 7.46. The minimum Gasteiger partial charge on any atom is -0.402 e. The summed E-state index contributed by atoms with van der Waals surface area (Å²) >= 11 is 0. The molecule has 0 fully saturated rings. The smallest absolute Gasteiger partial charge is 0.185 e. The molecule has 0 N–H and O–H groups in total. The van der Waals surface area contributed by atoms with Gasteiger partial charge >= 0.3 is 0 Å². The Kier molecular flexibility index (Phi) is 2.88. The van der Waals surface area contributed by atoms with Crippen LogP contribution >= 0.6 is 0 Å². The summed E-state index contributed by atoms with van der Waals surface area (Å²) in [6.07, 6.45) is -0.239. The van der Waals surface area contributed by atoms with E-state index in [2.05, 4.69) is 19.6 Å². The molecule has 2 nitrogen and oxygen atoms in total. The van der Waals surface area contributed by atoms with Gasteiger partial charge in [-0.15, -0.1) is 0 Å². The van der Waals surface area contributed by atoms with Crippen LogP contribution in [0.4, 0.5) is 0 Å². The summed E-state index contributed by atoms with van der Waals surface area (Å²) < 4.78 is 5.36. The second kappa shape index (κ2) is 2.99. The highest BCUT2D eigenvalue weighted by molar-refractivity contribution is 6.69. The van der Waals surface area contributed by atoms with Crippen LogP contribution in [0.1, 0.15) is 6.92 Å². The number of nitrogens with zero attached hydrogens (tertiary/aromatic N) is 1. The maximum absolute atomic E-state index is 8.35. The minimum atomic E-state index is -1.46. The van der Waals surface area contributed by atoms with E-state index in [-0.39, 0.29) is 6.10 Å². The van der Waals surface area contributed by atoms with Crippen LogP contribution in [0.5, 0.6) is 0 Å². The zero-order chi connectivity index (χ0) is 7.49. The van der Waals surface area contributed by atoms with E-state index >= 15 is 0 Å². The van der Waals surface area contributed by atoms with Crippen LogP contribution in [0, 0.1) is 11.3 Å². The molecule has 0 aliphatic rings. The molecule has 0 aromatic heterocycles. The van der Waals surface area contributed by atoms with Gasteiger partial charge in [-0.05, 0) is 26.6 Å². The first kappa shape index (κ1) is 8.67. The van der Waals surface area contributed by atoms with E-state index in [1.54, 1.807) is 6.92 Å². The molecule has 0 amide bonds. The normalized spacial score (nSPS) is 14.6. The topological polar surface area (TPSA) is 33.0 Å². The molecular formula is C6H13NOSi. The third-order valence-electron chi connectivity index (χ3n) is 0.712. The van der Waals surface area contributed by atoms with Crippen molar-refractivity contribution < 1.29 is 4.43 Å². The number of hydrogen-bond acceptors (Lipinski definition) is 2. The highest BCUT2D eigenvalue weighted by atomic mass is 28.4. The Hall–Kier alpha value is -0.333. The summed E-state index contributed by atoms with van der Waals surface area (Å²) in [7, 11) is -1.46. The van der Waals surface area contributed by atoms with Crippen LogP contribution in [0.2, 0.25) is 19.6 Å². The van der Waals surface area contributed by atoms with Gasteiger partial charge in [0.2, 0.25) is 0 Å². The Balaban J connectivity index is 3.63. The molecule has 0 spiro atoms. The molecule has 0 rings (SSSR count). The summed E-state index contributed by atoms with van der Waals surface area (Å²) in [6.45, 7) is 7.99. The van der Waals surface area contributed by atoms with E-state index < -0.39 is 8.32 Å². The zero-order valence-corrected chi connectivity index (χ0v) is 7.43. The molecule has 0 heterocycles. The monoisotopic (exact) mass is 143 g/mol. The molecule has 9 heavy (non-hydrogen) atoms. The first-order valence-corrected chi connectivity index (χ1v) is 6.44. The van der Waals surface area contributed by atoms with Crippen molar-refractivity contribution in [2.24, 2.45) is 0 Å². The van der Waals surface area contributed by atoms with Gasteiger partial charge in [0.15, 0.2) is 8.32 Å². The van der Waals surface area contributed by atoms with Gasteiger partial charge in [-0.2, -0.15) is 5.26 Å². The first-order valence-electron chi connectivity index (χ1n) is 3.03. The molecule has 3 heteroatoms. The fraction of sp³-hybridized carbons (Fsp3) is 0.833. The molecule has 0 unspecified atom stereocenters. The maximum Gasteiger partial charge on any atom is 0.185 e. The Morgan fingerprint density at radius 2 is 1.89 bits per heavy atom. The van der Waals surface area contributed by atoms with E-state index in [9.17, 15) is 0 Å². The maximum atomic E-state index is 8.35. The average Bonchev–Trinajstić information content (AvgIpc) is 1.62. The molecule has 0 radical (unpaired) electrons. The predicted octanol–water partition coefficient (Wildman–Crippen LogP) is 1.75. The van der Waals surface area contributed by atoms with Crippen LogP contribution in [-0.4, -0.2) is 14.4 Å². The van der Waals surface area contributed by atoms with Crippen LogP contribution in [0.25, 0.3) is 0 Å². The standard InChI is InChI=1S/C6H13NOSi/c1-6(5-7)8-9(2,3)4/h6H,1-4H3/t6-/m0/s1. The fourth-order valence-corrected chi connectivity index (χ4v) is 1.67. The minimum absolute atomic E-state index is 0.239. The molecule has 0 aromatic rings. The Bertz CT molecular complexity index is 122. The van der Waals surface area contributed by atoms with Gasteiger partial charge in [0.25, 0.3) is 0 Å². The molecule has 0 aromatic carbocycles. The quantitative estimate of drug-likeness (QED) is 0.552. The molecular weight excluding hydrogens is 130 g/mol. The van der Waals surface area contributed by atoms with Gasteiger partial charge in [-0.25, -0.2) is 0 Å². The fourth-order valence-electron chi connectivity index (χ4n) is 0.557. The van der Waals surface area contributed by atoms with E-state index in [4.69, 9.17) is 9.69 Å². The predicted molar refractivity (Wildman–Crippen MR) is 39.5 cm³/mol. The van der Waals surface area contributed by atoms with E-state index in [0.717, 1.165) is 0 Å². The van der Waals surface area contributed by atoms with E-state index in [1.165, 1.54) is 0 Å². The lowest BCUT2D eigenvalue weighted by Gasteiger charge is -2.18. The van der Waals surface area contributed by atoms with Crippen molar-refractivity contribution in [2.75, 3.05) is 0 Å². The number of hydrogen-bond donors (Lipinski definition) is 0. The van der Waals surface area contributed by atoms with Crippen molar-refractivity contribution in [2.45, 2.75) is 32.7 Å². The summed E-state index contributed by atoms with van der Waals surface area (Å²) in [4.78, 5) is 0. The third-order valence-corrected chi connectivity index (χ3v) is 1.77. The van der Waals surface area contributed by atoms with Gasteiger partial charge in [0.1, 0.15) is 6.10 Å². The van der Waals surface area contributed by atoms with Gasteiger partial charge in [0, 0.05) is 0 Å². The molecule has 0 saturated heterocycles. The lowest BCUT2D eigenvalue weighted by Crippen LogP contribution is -2.29. The Labute approximate surface area is 57.6 Å².